The smallest absolute Gasteiger partial charge is 0.550 e. The van der Waals surface area contributed by atoms with E-state index in [9.17, 15) is 14.5 Å². The van der Waals surface area contributed by atoms with Crippen molar-refractivity contribution >= 4 is 13.3 Å². The zero-order chi connectivity index (χ0) is 7.49. The van der Waals surface area contributed by atoms with Gasteiger partial charge in [-0.3, -0.25) is 4.57 Å². The summed E-state index contributed by atoms with van der Waals surface area (Å²) in [6, 6.07) is 0. The molecule has 0 spiro atoms. The van der Waals surface area contributed by atoms with Crippen molar-refractivity contribution in [3.63, 3.8) is 0 Å². The number of carbonyl (C=O) groups is 1. The summed E-state index contributed by atoms with van der Waals surface area (Å²) in [6.45, 7) is 1.46. The number of aliphatic carboxylic acids is 1. The van der Waals surface area contributed by atoms with Crippen LogP contribution < -0.4 is 34.7 Å². The summed E-state index contributed by atoms with van der Waals surface area (Å²) in [7, 11) is -3.39. The second-order valence-electron chi connectivity index (χ2n) is 1.69. The molecule has 6 heteroatoms. The average Bonchev–Trinajstić information content (AvgIpc) is 1.63. The zero-order valence-corrected chi connectivity index (χ0v) is 8.93. The van der Waals surface area contributed by atoms with Crippen molar-refractivity contribution in [1.82, 2.24) is 0 Å². The third kappa shape index (κ3) is 6.78. The van der Waals surface area contributed by atoms with Crippen LogP contribution in [-0.4, -0.2) is 23.2 Å². The van der Waals surface area contributed by atoms with Gasteiger partial charge < -0.3 is 14.8 Å². The molecule has 0 fully saturated rings. The maximum atomic E-state index is 10.5. The van der Waals surface area contributed by atoms with Crippen molar-refractivity contribution in [3.8, 4) is 0 Å². The van der Waals surface area contributed by atoms with Crippen LogP contribution in [0.5, 0.6) is 0 Å². The molecular weight excluding hydrogens is 166 g/mol. The van der Waals surface area contributed by atoms with Crippen LogP contribution >= 0.6 is 7.37 Å². The Morgan fingerprint density at radius 3 is 2.20 bits per heavy atom. The van der Waals surface area contributed by atoms with Crippen molar-refractivity contribution in [1.29, 1.82) is 0 Å². The summed E-state index contributed by atoms with van der Waals surface area (Å²) in [5, 5.41) is 9.73. The van der Waals surface area contributed by atoms with E-state index in [1.165, 1.54) is 6.92 Å². The fourth-order valence-electron chi connectivity index (χ4n) is 0.314. The van der Waals surface area contributed by atoms with Crippen molar-refractivity contribution in [3.05, 3.63) is 0 Å². The third-order valence-electron chi connectivity index (χ3n) is 0.870. The molecule has 0 saturated carbocycles. The molecule has 0 aromatic carbocycles. The van der Waals surface area contributed by atoms with E-state index in [0.29, 0.717) is 0 Å². The Balaban J connectivity index is 0. The Kier molecular flexibility index (Phi) is 7.07. The topological polar surface area (TPSA) is 77.4 Å². The molecule has 0 radical (unpaired) electrons. The first-order valence-corrected chi connectivity index (χ1v) is 4.51. The Bertz CT molecular complexity index is 157. The SMILES string of the molecule is CCP(=O)(O)CC(=O)[O-].[Na+]. The molecule has 0 aliphatic rings. The van der Waals surface area contributed by atoms with Gasteiger partial charge in [0.15, 0.2) is 0 Å². The average molecular weight is 174 g/mol. The number of carboxylic acids is 1. The second-order valence-corrected chi connectivity index (χ2v) is 4.33. The van der Waals surface area contributed by atoms with E-state index in [2.05, 4.69) is 0 Å². The van der Waals surface area contributed by atoms with Crippen LogP contribution in [0, 0.1) is 0 Å². The van der Waals surface area contributed by atoms with Crippen LogP contribution in [0.25, 0.3) is 0 Å². The van der Waals surface area contributed by atoms with Gasteiger partial charge in [0.2, 0.25) is 7.37 Å². The normalized spacial score (nSPS) is 15.0. The van der Waals surface area contributed by atoms with Crippen molar-refractivity contribution in [2.24, 2.45) is 0 Å². The predicted octanol–water partition coefficient (Wildman–Crippen LogP) is -3.97. The molecule has 1 atom stereocenters. The van der Waals surface area contributed by atoms with Gasteiger partial charge in [-0.05, 0) is 0 Å². The molecule has 0 bridgehead atoms. The summed E-state index contributed by atoms with van der Waals surface area (Å²) in [6.07, 6.45) is -0.746. The largest absolute Gasteiger partial charge is 1.00 e. The number of carboxylic acid groups (broad SMARTS) is 1. The van der Waals surface area contributed by atoms with E-state index < -0.39 is 19.5 Å². The number of hydrogen-bond donors (Lipinski definition) is 1. The number of carbonyl (C=O) groups excluding carboxylic acids is 1. The summed E-state index contributed by atoms with van der Waals surface area (Å²) >= 11 is 0. The summed E-state index contributed by atoms with van der Waals surface area (Å²) in [5.41, 5.74) is 0. The fourth-order valence-corrected chi connectivity index (χ4v) is 0.941. The van der Waals surface area contributed by atoms with Crippen LogP contribution in [-0.2, 0) is 9.36 Å². The summed E-state index contributed by atoms with van der Waals surface area (Å²) < 4.78 is 10.5. The molecule has 0 aromatic heterocycles. The minimum atomic E-state index is -3.39. The standard InChI is InChI=1S/C4H9O4P.Na/c1-2-9(7,8)3-4(5)6;/h2-3H2,1H3,(H,5,6)(H,7,8);/q;+1/p-1. The van der Waals surface area contributed by atoms with Crippen LogP contribution in [0.1, 0.15) is 6.92 Å². The first kappa shape index (κ1) is 13.3. The van der Waals surface area contributed by atoms with Crippen molar-refractivity contribution < 1.29 is 48.9 Å². The van der Waals surface area contributed by atoms with E-state index in [1.54, 1.807) is 0 Å². The molecular formula is C4H8NaO4P. The summed E-state index contributed by atoms with van der Waals surface area (Å²) in [5.74, 6) is -1.47. The Labute approximate surface area is 81.4 Å². The number of hydrogen-bond acceptors (Lipinski definition) is 3. The van der Waals surface area contributed by atoms with E-state index in [1.807, 2.05) is 0 Å². The van der Waals surface area contributed by atoms with Gasteiger partial charge in [0.1, 0.15) is 0 Å². The van der Waals surface area contributed by atoms with E-state index in [4.69, 9.17) is 4.89 Å². The van der Waals surface area contributed by atoms with Gasteiger partial charge in [-0.25, -0.2) is 0 Å². The molecule has 54 valence electrons. The minimum absolute atomic E-state index is 0. The molecule has 0 aliphatic carbocycles. The molecule has 0 saturated heterocycles. The van der Waals surface area contributed by atoms with Crippen LogP contribution in [0.3, 0.4) is 0 Å². The van der Waals surface area contributed by atoms with Crippen LogP contribution in [0.15, 0.2) is 0 Å². The molecule has 0 aromatic rings. The van der Waals surface area contributed by atoms with Gasteiger partial charge in [-0.2, -0.15) is 0 Å². The van der Waals surface area contributed by atoms with Gasteiger partial charge in [-0.1, -0.05) is 6.92 Å². The first-order valence-electron chi connectivity index (χ1n) is 2.48. The molecule has 0 amide bonds. The van der Waals surface area contributed by atoms with Gasteiger partial charge >= 0.3 is 29.6 Å². The van der Waals surface area contributed by atoms with E-state index >= 15 is 0 Å². The van der Waals surface area contributed by atoms with Crippen LogP contribution in [0.4, 0.5) is 0 Å². The quantitative estimate of drug-likeness (QED) is 0.349. The fraction of sp³-hybridized carbons (Fsp3) is 0.750. The molecule has 0 rings (SSSR count). The molecule has 1 unspecified atom stereocenters. The second kappa shape index (κ2) is 5.33. The van der Waals surface area contributed by atoms with Gasteiger partial charge in [0, 0.05) is 6.16 Å². The molecule has 0 heterocycles. The molecule has 1 N–H and O–H groups in total. The van der Waals surface area contributed by atoms with Gasteiger partial charge in [0.05, 0.1) is 12.1 Å². The van der Waals surface area contributed by atoms with Crippen LogP contribution in [0.2, 0.25) is 0 Å². The van der Waals surface area contributed by atoms with Gasteiger partial charge in [-0.15, -0.1) is 0 Å². The molecule has 4 nitrogen and oxygen atoms in total. The minimum Gasteiger partial charge on any atom is -0.550 e. The molecule has 0 aliphatic heterocycles. The Morgan fingerprint density at radius 2 is 2.10 bits per heavy atom. The Morgan fingerprint density at radius 1 is 1.70 bits per heavy atom. The summed E-state index contributed by atoms with van der Waals surface area (Å²) in [4.78, 5) is 18.4. The Hall–Kier alpha value is 0.660. The monoisotopic (exact) mass is 174 g/mol. The number of rotatable bonds is 3. The maximum absolute atomic E-state index is 10.5. The van der Waals surface area contributed by atoms with Gasteiger partial charge in [0.25, 0.3) is 0 Å². The first-order chi connectivity index (χ1) is 3.98. The maximum Gasteiger partial charge on any atom is 1.00 e. The van der Waals surface area contributed by atoms with E-state index in [0.717, 1.165) is 0 Å². The molecule has 10 heavy (non-hydrogen) atoms. The van der Waals surface area contributed by atoms with Crippen molar-refractivity contribution in [2.45, 2.75) is 6.92 Å². The van der Waals surface area contributed by atoms with Crippen molar-refractivity contribution in [2.75, 3.05) is 12.3 Å². The zero-order valence-electron chi connectivity index (χ0n) is 6.03. The van der Waals surface area contributed by atoms with E-state index in [-0.39, 0.29) is 35.7 Å². The third-order valence-corrected chi connectivity index (χ3v) is 2.61. The predicted molar refractivity (Wildman–Crippen MR) is 30.2 cm³/mol.